The lowest BCUT2D eigenvalue weighted by Gasteiger charge is -2.15. The average molecular weight is 211 g/mol. The standard InChI is InChI=1S/C6H14NO5P/c1-2-3-4-5(6(8)9)13(10,11)12-7/h5H,2-4,7H2,1H3,(H,8,9)(H,10,11). The van der Waals surface area contributed by atoms with E-state index in [0.717, 1.165) is 6.42 Å². The van der Waals surface area contributed by atoms with Gasteiger partial charge in [0.2, 0.25) is 0 Å². The lowest BCUT2D eigenvalue weighted by atomic mass is 10.2. The zero-order chi connectivity index (χ0) is 10.5. The number of carboxylic acid groups (broad SMARTS) is 1. The fourth-order valence-electron chi connectivity index (χ4n) is 0.897. The zero-order valence-corrected chi connectivity index (χ0v) is 8.24. The van der Waals surface area contributed by atoms with Crippen molar-refractivity contribution in [2.45, 2.75) is 31.8 Å². The van der Waals surface area contributed by atoms with Crippen molar-refractivity contribution in [1.29, 1.82) is 0 Å². The van der Waals surface area contributed by atoms with Gasteiger partial charge >= 0.3 is 13.6 Å². The first-order chi connectivity index (χ1) is 5.95. The van der Waals surface area contributed by atoms with Gasteiger partial charge in [0.1, 0.15) is 0 Å². The molecular formula is C6H14NO5P. The second-order valence-corrected chi connectivity index (χ2v) is 4.63. The molecule has 0 aliphatic rings. The van der Waals surface area contributed by atoms with E-state index in [-0.39, 0.29) is 6.42 Å². The zero-order valence-electron chi connectivity index (χ0n) is 7.34. The molecule has 13 heavy (non-hydrogen) atoms. The first kappa shape index (κ1) is 12.6. The fourth-order valence-corrected chi connectivity index (χ4v) is 1.83. The van der Waals surface area contributed by atoms with Gasteiger partial charge in [0, 0.05) is 0 Å². The van der Waals surface area contributed by atoms with Crippen molar-refractivity contribution in [2.75, 3.05) is 0 Å². The van der Waals surface area contributed by atoms with Crippen LogP contribution in [0, 0.1) is 0 Å². The molecule has 0 spiro atoms. The molecule has 2 unspecified atom stereocenters. The van der Waals surface area contributed by atoms with Crippen molar-refractivity contribution in [3.63, 3.8) is 0 Å². The van der Waals surface area contributed by atoms with E-state index in [0.29, 0.717) is 6.42 Å². The van der Waals surface area contributed by atoms with Crippen molar-refractivity contribution in [2.24, 2.45) is 5.90 Å². The molecule has 7 heteroatoms. The second kappa shape index (κ2) is 5.34. The predicted octanol–water partition coefficient (Wildman–Crippen LogP) is 0.706. The highest BCUT2D eigenvalue weighted by atomic mass is 31.2. The number of carboxylic acids is 1. The molecule has 0 aromatic rings. The normalized spacial score (nSPS) is 17.8. The molecule has 0 aromatic carbocycles. The van der Waals surface area contributed by atoms with Gasteiger partial charge in [-0.25, -0.2) is 10.5 Å². The Bertz CT molecular complexity index is 219. The Kier molecular flexibility index (Phi) is 5.17. The molecule has 6 nitrogen and oxygen atoms in total. The molecule has 0 aliphatic carbocycles. The van der Waals surface area contributed by atoms with Crippen LogP contribution in [0.5, 0.6) is 0 Å². The maximum atomic E-state index is 11.1. The van der Waals surface area contributed by atoms with Gasteiger partial charge in [-0.15, -0.1) is 0 Å². The van der Waals surface area contributed by atoms with Crippen LogP contribution < -0.4 is 5.90 Å². The molecule has 0 aromatic heterocycles. The van der Waals surface area contributed by atoms with E-state index in [1.807, 2.05) is 6.92 Å². The molecule has 0 fully saturated rings. The van der Waals surface area contributed by atoms with Gasteiger partial charge in [-0.3, -0.25) is 9.36 Å². The summed E-state index contributed by atoms with van der Waals surface area (Å²) in [7, 11) is -4.19. The molecule has 0 radical (unpaired) electrons. The van der Waals surface area contributed by atoms with E-state index in [4.69, 9.17) is 10.00 Å². The van der Waals surface area contributed by atoms with Crippen molar-refractivity contribution >= 4 is 13.6 Å². The summed E-state index contributed by atoms with van der Waals surface area (Å²) in [4.78, 5) is 19.6. The number of hydrogen-bond donors (Lipinski definition) is 3. The maximum Gasteiger partial charge on any atom is 0.358 e. The van der Waals surface area contributed by atoms with Crippen LogP contribution in [0.4, 0.5) is 0 Å². The minimum atomic E-state index is -4.19. The minimum absolute atomic E-state index is 0.0941. The van der Waals surface area contributed by atoms with Crippen molar-refractivity contribution in [3.8, 4) is 0 Å². The summed E-state index contributed by atoms with van der Waals surface area (Å²) in [6, 6.07) is 0. The van der Waals surface area contributed by atoms with Crippen LogP contribution in [0.15, 0.2) is 0 Å². The maximum absolute atomic E-state index is 11.1. The number of unbranched alkanes of at least 4 members (excludes halogenated alkanes) is 1. The van der Waals surface area contributed by atoms with E-state index < -0.39 is 19.2 Å². The molecule has 0 amide bonds. The molecule has 4 N–H and O–H groups in total. The summed E-state index contributed by atoms with van der Waals surface area (Å²) in [6.07, 6.45) is 1.38. The van der Waals surface area contributed by atoms with Gasteiger partial charge in [0.15, 0.2) is 5.66 Å². The van der Waals surface area contributed by atoms with E-state index in [9.17, 15) is 9.36 Å². The lowest BCUT2D eigenvalue weighted by molar-refractivity contribution is -0.137. The molecular weight excluding hydrogens is 197 g/mol. The Labute approximate surface area is 76.2 Å². The van der Waals surface area contributed by atoms with Crippen molar-refractivity contribution in [1.82, 2.24) is 0 Å². The summed E-state index contributed by atoms with van der Waals surface area (Å²) < 4.78 is 14.8. The molecule has 0 rings (SSSR count). The Morgan fingerprint density at radius 3 is 2.54 bits per heavy atom. The summed E-state index contributed by atoms with van der Waals surface area (Å²) in [5.74, 6) is 3.18. The van der Waals surface area contributed by atoms with Gasteiger partial charge in [0.25, 0.3) is 0 Å². The first-order valence-corrected chi connectivity index (χ1v) is 5.54. The topological polar surface area (TPSA) is 110 Å². The van der Waals surface area contributed by atoms with Gasteiger partial charge in [-0.05, 0) is 6.42 Å². The van der Waals surface area contributed by atoms with E-state index >= 15 is 0 Å². The molecule has 0 saturated carbocycles. The number of rotatable bonds is 6. The van der Waals surface area contributed by atoms with E-state index in [1.165, 1.54) is 0 Å². The second-order valence-electron chi connectivity index (χ2n) is 2.67. The third-order valence-corrected chi connectivity index (χ3v) is 3.23. The van der Waals surface area contributed by atoms with Crippen LogP contribution in [0.1, 0.15) is 26.2 Å². The number of hydrogen-bond acceptors (Lipinski definition) is 4. The molecule has 2 atom stereocenters. The van der Waals surface area contributed by atoms with Gasteiger partial charge in [-0.1, -0.05) is 19.8 Å². The molecule has 0 heterocycles. The van der Waals surface area contributed by atoms with Crippen molar-refractivity contribution < 1.29 is 24.0 Å². The van der Waals surface area contributed by atoms with Crippen LogP contribution in [0.2, 0.25) is 0 Å². The highest BCUT2D eigenvalue weighted by Crippen LogP contribution is 2.47. The third-order valence-electron chi connectivity index (χ3n) is 1.66. The van der Waals surface area contributed by atoms with Gasteiger partial charge < -0.3 is 10.00 Å². The average Bonchev–Trinajstić information content (AvgIpc) is 2.04. The molecule has 0 saturated heterocycles. The monoisotopic (exact) mass is 211 g/mol. The van der Waals surface area contributed by atoms with Crippen LogP contribution >= 0.6 is 7.60 Å². The van der Waals surface area contributed by atoms with Crippen LogP contribution in [-0.4, -0.2) is 21.6 Å². The summed E-state index contributed by atoms with van der Waals surface area (Å²) in [5.41, 5.74) is -1.42. The first-order valence-electron chi connectivity index (χ1n) is 3.89. The summed E-state index contributed by atoms with van der Waals surface area (Å²) >= 11 is 0. The van der Waals surface area contributed by atoms with E-state index in [2.05, 4.69) is 10.5 Å². The number of aliphatic carboxylic acids is 1. The smallest absolute Gasteiger partial charge is 0.358 e. The minimum Gasteiger partial charge on any atom is -0.481 e. The Hall–Kier alpha value is -0.420. The quantitative estimate of drug-likeness (QED) is 0.440. The van der Waals surface area contributed by atoms with E-state index in [1.54, 1.807) is 0 Å². The van der Waals surface area contributed by atoms with Crippen molar-refractivity contribution in [3.05, 3.63) is 0 Å². The Balaban J connectivity index is 4.42. The Morgan fingerprint density at radius 1 is 1.69 bits per heavy atom. The number of nitrogens with two attached hydrogens (primary N) is 1. The van der Waals surface area contributed by atoms with Crippen LogP contribution in [-0.2, 0) is 14.0 Å². The summed E-state index contributed by atoms with van der Waals surface area (Å²) in [5, 5.41) is 8.60. The summed E-state index contributed by atoms with van der Waals surface area (Å²) in [6.45, 7) is 1.85. The van der Waals surface area contributed by atoms with Crippen LogP contribution in [0.3, 0.4) is 0 Å². The largest absolute Gasteiger partial charge is 0.481 e. The Morgan fingerprint density at radius 2 is 2.23 bits per heavy atom. The number of carbonyl (C=O) groups is 1. The van der Waals surface area contributed by atoms with Gasteiger partial charge in [-0.2, -0.15) is 0 Å². The molecule has 78 valence electrons. The highest BCUT2D eigenvalue weighted by molar-refractivity contribution is 7.54. The lowest BCUT2D eigenvalue weighted by Crippen LogP contribution is -2.22. The third kappa shape index (κ3) is 3.87. The van der Waals surface area contributed by atoms with Crippen LogP contribution in [0.25, 0.3) is 0 Å². The predicted molar refractivity (Wildman–Crippen MR) is 46.0 cm³/mol. The molecule has 0 aliphatic heterocycles. The fraction of sp³-hybridized carbons (Fsp3) is 0.833. The van der Waals surface area contributed by atoms with Gasteiger partial charge in [0.05, 0.1) is 0 Å². The molecule has 0 bridgehead atoms. The highest BCUT2D eigenvalue weighted by Gasteiger charge is 2.37. The SMILES string of the molecule is CCCCC(C(=O)O)P(=O)(O)ON.